The molecule has 0 aliphatic rings. The molecule has 0 fully saturated rings. The predicted octanol–water partition coefficient (Wildman–Crippen LogP) is 0.0173. The summed E-state index contributed by atoms with van der Waals surface area (Å²) >= 11 is 0. The normalized spacial score (nSPS) is 13.2. The molecule has 2 N–H and O–H groups in total. The zero-order valence-electron chi connectivity index (χ0n) is 10.1. The van der Waals surface area contributed by atoms with Crippen molar-refractivity contribution in [3.8, 4) is 0 Å². The molecule has 6 heteroatoms. The molecule has 0 aromatic heterocycles. The lowest BCUT2D eigenvalue weighted by atomic mass is 10.2. The zero-order chi connectivity index (χ0) is 12.8. The van der Waals surface area contributed by atoms with Gasteiger partial charge in [-0.3, -0.25) is 4.79 Å². The molecule has 0 saturated heterocycles. The Hall–Kier alpha value is -1.14. The van der Waals surface area contributed by atoms with Crippen LogP contribution in [0.3, 0.4) is 0 Å². The van der Waals surface area contributed by atoms with E-state index in [2.05, 4.69) is 10.1 Å². The number of nitrogens with one attached hydrogen (secondary N) is 1. The van der Waals surface area contributed by atoms with Crippen molar-refractivity contribution in [1.82, 2.24) is 5.32 Å². The molecule has 0 saturated carbocycles. The van der Waals surface area contributed by atoms with Crippen LogP contribution in [-0.4, -0.2) is 48.9 Å². The van der Waals surface area contributed by atoms with Gasteiger partial charge in [-0.2, -0.15) is 0 Å². The molecule has 0 aromatic carbocycles. The van der Waals surface area contributed by atoms with Crippen LogP contribution in [0.25, 0.3) is 0 Å². The van der Waals surface area contributed by atoms with E-state index in [1.54, 1.807) is 0 Å². The highest BCUT2D eigenvalue weighted by Gasteiger charge is 2.20. The highest BCUT2D eigenvalue weighted by molar-refractivity contribution is 5.84. The minimum absolute atomic E-state index is 0.0728. The second-order valence-corrected chi connectivity index (χ2v) is 4.31. The van der Waals surface area contributed by atoms with Crippen molar-refractivity contribution in [2.75, 3.05) is 20.3 Å². The third kappa shape index (κ3) is 7.19. The molecule has 0 aliphatic heterocycles. The molecule has 94 valence electrons. The molecule has 0 bridgehead atoms. The fourth-order valence-electron chi connectivity index (χ4n) is 0.859. The molecular formula is C10H19NO5. The van der Waals surface area contributed by atoms with E-state index in [0.717, 1.165) is 0 Å². The lowest BCUT2D eigenvalue weighted by Crippen LogP contribution is -2.45. The number of hydrogen-bond acceptors (Lipinski definition) is 4. The molecule has 1 atom stereocenters. The summed E-state index contributed by atoms with van der Waals surface area (Å²) in [6.07, 6.45) is 0. The average molecular weight is 233 g/mol. The van der Waals surface area contributed by atoms with Crippen LogP contribution in [0.1, 0.15) is 20.8 Å². The van der Waals surface area contributed by atoms with E-state index in [1.165, 1.54) is 7.11 Å². The van der Waals surface area contributed by atoms with E-state index in [9.17, 15) is 9.59 Å². The van der Waals surface area contributed by atoms with Crippen LogP contribution < -0.4 is 5.32 Å². The minimum atomic E-state index is -1.13. The van der Waals surface area contributed by atoms with Crippen molar-refractivity contribution in [1.29, 1.82) is 0 Å². The molecule has 0 aromatic rings. The number of carboxylic acids is 1. The van der Waals surface area contributed by atoms with Gasteiger partial charge in [0.15, 0.2) is 6.04 Å². The molecule has 0 aliphatic carbocycles. The van der Waals surface area contributed by atoms with Crippen molar-refractivity contribution in [2.24, 2.45) is 0 Å². The van der Waals surface area contributed by atoms with Crippen molar-refractivity contribution in [2.45, 2.75) is 32.4 Å². The Kier molecular flexibility index (Phi) is 5.98. The Morgan fingerprint density at radius 2 is 1.94 bits per heavy atom. The van der Waals surface area contributed by atoms with Gasteiger partial charge in [-0.1, -0.05) is 0 Å². The first kappa shape index (κ1) is 14.9. The van der Waals surface area contributed by atoms with Gasteiger partial charge in [-0.05, 0) is 20.8 Å². The van der Waals surface area contributed by atoms with Crippen LogP contribution in [0.4, 0.5) is 0 Å². The van der Waals surface area contributed by atoms with Gasteiger partial charge >= 0.3 is 5.97 Å². The first-order valence-corrected chi connectivity index (χ1v) is 4.91. The van der Waals surface area contributed by atoms with E-state index in [0.29, 0.717) is 0 Å². The number of rotatable bonds is 6. The number of carbonyl (C=O) groups is 2. The highest BCUT2D eigenvalue weighted by atomic mass is 16.5. The third-order valence-electron chi connectivity index (χ3n) is 1.60. The topological polar surface area (TPSA) is 84.9 Å². The Labute approximate surface area is 94.9 Å². The SMILES string of the molecule is COCC(NC(=O)COC(C)(C)C)C(=O)O. The van der Waals surface area contributed by atoms with Crippen LogP contribution in [0.2, 0.25) is 0 Å². The summed E-state index contributed by atoms with van der Waals surface area (Å²) in [6.45, 7) is 5.19. The number of methoxy groups -OCH3 is 1. The first-order valence-electron chi connectivity index (χ1n) is 4.91. The van der Waals surface area contributed by atoms with Gasteiger partial charge < -0.3 is 19.9 Å². The molecule has 1 amide bonds. The summed E-state index contributed by atoms with van der Waals surface area (Å²) in [5.41, 5.74) is -0.433. The number of aliphatic carboxylic acids is 1. The largest absolute Gasteiger partial charge is 0.480 e. The van der Waals surface area contributed by atoms with Crippen molar-refractivity contribution >= 4 is 11.9 Å². The van der Waals surface area contributed by atoms with Gasteiger partial charge in [-0.25, -0.2) is 4.79 Å². The summed E-state index contributed by atoms with van der Waals surface area (Å²) in [7, 11) is 1.37. The Morgan fingerprint density at radius 1 is 1.38 bits per heavy atom. The van der Waals surface area contributed by atoms with Gasteiger partial charge in [0, 0.05) is 7.11 Å². The number of carboxylic acid groups (broad SMARTS) is 1. The standard InChI is InChI=1S/C10H19NO5/c1-10(2,3)16-6-8(12)11-7(5-15-4)9(13)14/h7H,5-6H2,1-4H3,(H,11,12)(H,13,14). The molecule has 1 unspecified atom stereocenters. The number of ether oxygens (including phenoxy) is 2. The summed E-state index contributed by atoms with van der Waals surface area (Å²) in [5.74, 6) is -1.61. The van der Waals surface area contributed by atoms with Gasteiger partial charge in [0.1, 0.15) is 6.61 Å². The van der Waals surface area contributed by atoms with E-state index in [4.69, 9.17) is 9.84 Å². The summed E-state index contributed by atoms with van der Waals surface area (Å²) in [4.78, 5) is 22.0. The molecule has 0 radical (unpaired) electrons. The van der Waals surface area contributed by atoms with E-state index in [-0.39, 0.29) is 13.2 Å². The second kappa shape index (κ2) is 6.44. The molecule has 16 heavy (non-hydrogen) atoms. The number of carbonyl (C=O) groups excluding carboxylic acids is 1. The van der Waals surface area contributed by atoms with Crippen LogP contribution in [-0.2, 0) is 19.1 Å². The fraction of sp³-hybridized carbons (Fsp3) is 0.800. The number of hydrogen-bond donors (Lipinski definition) is 2. The average Bonchev–Trinajstić information content (AvgIpc) is 2.13. The summed E-state index contributed by atoms with van der Waals surface area (Å²) in [6, 6.07) is -1.04. The van der Waals surface area contributed by atoms with Crippen LogP contribution in [0.15, 0.2) is 0 Å². The number of amides is 1. The van der Waals surface area contributed by atoms with Gasteiger partial charge in [0.25, 0.3) is 0 Å². The van der Waals surface area contributed by atoms with Crippen molar-refractivity contribution < 1.29 is 24.2 Å². The van der Waals surface area contributed by atoms with Crippen LogP contribution in [0.5, 0.6) is 0 Å². The van der Waals surface area contributed by atoms with Gasteiger partial charge in [0.05, 0.1) is 12.2 Å². The maximum atomic E-state index is 11.3. The van der Waals surface area contributed by atoms with Crippen LogP contribution in [0, 0.1) is 0 Å². The van der Waals surface area contributed by atoms with Crippen molar-refractivity contribution in [3.63, 3.8) is 0 Å². The van der Waals surface area contributed by atoms with E-state index in [1.807, 2.05) is 20.8 Å². The van der Waals surface area contributed by atoms with Gasteiger partial charge in [0.2, 0.25) is 5.91 Å². The first-order chi connectivity index (χ1) is 7.26. The Bertz CT molecular complexity index is 246. The molecule has 0 rings (SSSR count). The maximum Gasteiger partial charge on any atom is 0.328 e. The monoisotopic (exact) mass is 233 g/mol. The van der Waals surface area contributed by atoms with E-state index < -0.39 is 23.5 Å². The summed E-state index contributed by atoms with van der Waals surface area (Å²) in [5, 5.41) is 11.0. The zero-order valence-corrected chi connectivity index (χ0v) is 10.1. The third-order valence-corrected chi connectivity index (χ3v) is 1.60. The maximum absolute atomic E-state index is 11.3. The molecular weight excluding hydrogens is 214 g/mol. The molecule has 0 heterocycles. The lowest BCUT2D eigenvalue weighted by Gasteiger charge is -2.20. The van der Waals surface area contributed by atoms with Crippen LogP contribution >= 0.6 is 0 Å². The Balaban J connectivity index is 4.05. The highest BCUT2D eigenvalue weighted by Crippen LogP contribution is 2.05. The van der Waals surface area contributed by atoms with Crippen molar-refractivity contribution in [3.05, 3.63) is 0 Å². The summed E-state index contributed by atoms with van der Waals surface area (Å²) < 4.78 is 9.88. The van der Waals surface area contributed by atoms with Gasteiger partial charge in [-0.15, -0.1) is 0 Å². The predicted molar refractivity (Wildman–Crippen MR) is 57.1 cm³/mol. The minimum Gasteiger partial charge on any atom is -0.480 e. The smallest absolute Gasteiger partial charge is 0.328 e. The molecule has 6 nitrogen and oxygen atoms in total. The molecule has 0 spiro atoms. The quantitative estimate of drug-likeness (QED) is 0.675. The fourth-order valence-corrected chi connectivity index (χ4v) is 0.859. The lowest BCUT2D eigenvalue weighted by molar-refractivity contribution is -0.145. The second-order valence-electron chi connectivity index (χ2n) is 4.31. The Morgan fingerprint density at radius 3 is 2.31 bits per heavy atom. The van der Waals surface area contributed by atoms with E-state index >= 15 is 0 Å².